The van der Waals surface area contributed by atoms with Gasteiger partial charge >= 0.3 is 5.97 Å². The lowest BCUT2D eigenvalue weighted by Crippen LogP contribution is -2.51. The van der Waals surface area contributed by atoms with E-state index in [0.29, 0.717) is 12.1 Å². The zero-order chi connectivity index (χ0) is 24.5. The first-order valence-corrected chi connectivity index (χ1v) is 11.7. The second kappa shape index (κ2) is 12.0. The molecule has 0 saturated heterocycles. The van der Waals surface area contributed by atoms with Crippen molar-refractivity contribution in [2.24, 2.45) is 11.8 Å². The number of carboxylic acids is 1. The van der Waals surface area contributed by atoms with E-state index in [1.54, 1.807) is 31.3 Å². The summed E-state index contributed by atoms with van der Waals surface area (Å²) < 4.78 is 0. The molecule has 0 bridgehead atoms. The number of hydrogen-bond acceptors (Lipinski definition) is 4. The van der Waals surface area contributed by atoms with Crippen molar-refractivity contribution in [3.63, 3.8) is 0 Å². The van der Waals surface area contributed by atoms with Gasteiger partial charge in [0.1, 0.15) is 12.0 Å². The van der Waals surface area contributed by atoms with Crippen LogP contribution < -0.4 is 5.32 Å². The van der Waals surface area contributed by atoms with Crippen LogP contribution >= 0.6 is 0 Å². The summed E-state index contributed by atoms with van der Waals surface area (Å²) in [5.41, 5.74) is 2.15. The van der Waals surface area contributed by atoms with Crippen LogP contribution in [0.5, 0.6) is 0 Å². The van der Waals surface area contributed by atoms with E-state index in [9.17, 15) is 19.5 Å². The van der Waals surface area contributed by atoms with E-state index in [1.807, 2.05) is 30.3 Å². The molecule has 1 unspecified atom stereocenters. The Hall–Kier alpha value is -3.66. The molecule has 1 aliphatic rings. The van der Waals surface area contributed by atoms with Crippen molar-refractivity contribution in [2.45, 2.75) is 51.1 Å². The van der Waals surface area contributed by atoms with Crippen molar-refractivity contribution in [2.75, 3.05) is 7.05 Å². The van der Waals surface area contributed by atoms with E-state index in [2.05, 4.69) is 11.4 Å². The number of hydrogen-bond donors (Lipinski definition) is 2. The molecule has 1 aliphatic carbocycles. The third-order valence-corrected chi connectivity index (χ3v) is 6.46. The van der Waals surface area contributed by atoms with Crippen LogP contribution in [0.4, 0.5) is 0 Å². The first-order valence-electron chi connectivity index (χ1n) is 11.7. The Kier molecular flexibility index (Phi) is 8.80. The van der Waals surface area contributed by atoms with Gasteiger partial charge in [0.05, 0.1) is 11.6 Å². The molecule has 2 N–H and O–H groups in total. The van der Waals surface area contributed by atoms with Gasteiger partial charge in [0.15, 0.2) is 0 Å². The van der Waals surface area contributed by atoms with Gasteiger partial charge in [0, 0.05) is 13.6 Å². The van der Waals surface area contributed by atoms with Gasteiger partial charge in [-0.15, -0.1) is 0 Å². The number of rotatable bonds is 9. The first-order chi connectivity index (χ1) is 16.4. The monoisotopic (exact) mass is 461 g/mol. The maximum Gasteiger partial charge on any atom is 0.326 e. The smallest absolute Gasteiger partial charge is 0.326 e. The Morgan fingerprint density at radius 2 is 1.68 bits per heavy atom. The summed E-state index contributed by atoms with van der Waals surface area (Å²) in [4.78, 5) is 40.3. The molecule has 7 heteroatoms. The highest BCUT2D eigenvalue weighted by molar-refractivity contribution is 6.01. The quantitative estimate of drug-likeness (QED) is 0.555. The van der Waals surface area contributed by atoms with Crippen LogP contribution in [-0.4, -0.2) is 40.9 Å². The summed E-state index contributed by atoms with van der Waals surface area (Å²) in [6.07, 6.45) is 4.57. The molecular formula is C27H31N3O4. The zero-order valence-electron chi connectivity index (χ0n) is 19.4. The van der Waals surface area contributed by atoms with E-state index in [-0.39, 0.29) is 18.2 Å². The van der Waals surface area contributed by atoms with Gasteiger partial charge in [0.25, 0.3) is 0 Å². The molecule has 0 spiro atoms. The van der Waals surface area contributed by atoms with Crippen LogP contribution in [0, 0.1) is 23.2 Å². The summed E-state index contributed by atoms with van der Waals surface area (Å²) in [5, 5.41) is 21.5. The molecular weight excluding hydrogens is 430 g/mol. The van der Waals surface area contributed by atoms with Crippen LogP contribution in [0.25, 0.3) is 0 Å². The minimum Gasteiger partial charge on any atom is -0.480 e. The molecule has 7 nitrogen and oxygen atoms in total. The van der Waals surface area contributed by atoms with Gasteiger partial charge < -0.3 is 15.3 Å². The van der Waals surface area contributed by atoms with Gasteiger partial charge in [-0.05, 0) is 48.4 Å². The Morgan fingerprint density at radius 1 is 1.03 bits per heavy atom. The molecule has 1 saturated carbocycles. The van der Waals surface area contributed by atoms with Gasteiger partial charge in [-0.1, -0.05) is 61.7 Å². The maximum atomic E-state index is 13.4. The lowest BCUT2D eigenvalue weighted by molar-refractivity contribution is -0.148. The Morgan fingerprint density at radius 3 is 2.26 bits per heavy atom. The van der Waals surface area contributed by atoms with Crippen molar-refractivity contribution in [1.82, 2.24) is 10.2 Å². The number of nitriles is 1. The molecule has 3 rings (SSSR count). The first kappa shape index (κ1) is 25.0. The summed E-state index contributed by atoms with van der Waals surface area (Å²) in [5.74, 6) is -3.23. The average molecular weight is 462 g/mol. The van der Waals surface area contributed by atoms with Crippen LogP contribution in [0.1, 0.15) is 48.8 Å². The van der Waals surface area contributed by atoms with Gasteiger partial charge in [-0.3, -0.25) is 9.59 Å². The van der Waals surface area contributed by atoms with Gasteiger partial charge in [0.2, 0.25) is 11.8 Å². The number of carbonyl (C=O) groups is 3. The van der Waals surface area contributed by atoms with Gasteiger partial charge in [-0.2, -0.15) is 5.26 Å². The molecule has 2 amide bonds. The topological polar surface area (TPSA) is 111 Å². The minimum atomic E-state index is -1.08. The largest absolute Gasteiger partial charge is 0.480 e. The van der Waals surface area contributed by atoms with E-state index in [0.717, 1.165) is 43.2 Å². The number of nitrogens with zero attached hydrogens (tertiary/aromatic N) is 2. The van der Waals surface area contributed by atoms with Crippen LogP contribution in [0.3, 0.4) is 0 Å². The second-order valence-electron chi connectivity index (χ2n) is 8.97. The fraction of sp³-hybridized carbons (Fsp3) is 0.407. The normalized spacial score (nSPS) is 15.5. The van der Waals surface area contributed by atoms with E-state index in [1.165, 1.54) is 4.90 Å². The highest BCUT2D eigenvalue weighted by Crippen LogP contribution is 2.27. The zero-order valence-corrected chi connectivity index (χ0v) is 19.4. The molecule has 0 heterocycles. The third kappa shape index (κ3) is 6.67. The lowest BCUT2D eigenvalue weighted by Gasteiger charge is -2.30. The van der Waals surface area contributed by atoms with Crippen LogP contribution in [0.15, 0.2) is 54.6 Å². The fourth-order valence-corrected chi connectivity index (χ4v) is 4.55. The molecule has 0 radical (unpaired) electrons. The van der Waals surface area contributed by atoms with Crippen molar-refractivity contribution in [1.29, 1.82) is 5.26 Å². The maximum absolute atomic E-state index is 13.4. The number of aliphatic carboxylic acids is 1. The molecule has 34 heavy (non-hydrogen) atoms. The van der Waals surface area contributed by atoms with E-state index in [4.69, 9.17) is 5.26 Å². The number of amides is 2. The molecule has 0 aliphatic heterocycles. The molecule has 178 valence electrons. The Labute approximate surface area is 200 Å². The molecule has 2 aromatic rings. The average Bonchev–Trinajstić information content (AvgIpc) is 2.86. The van der Waals surface area contributed by atoms with E-state index >= 15 is 0 Å². The standard InChI is InChI=1S/C27H31N3O4/c1-30(18-21-8-4-2-5-9-21)26(32)23(16-19-12-14-20(17-28)15-13-19)25(31)29-24(27(33)34)22-10-6-3-7-11-22/h2,4-5,8-9,12-15,22-24H,3,6-7,10-11,16,18H2,1H3,(H,29,31)(H,33,34)/t23-,24?/m0/s1. The molecule has 2 atom stereocenters. The summed E-state index contributed by atoms with van der Waals surface area (Å²) in [7, 11) is 1.64. The van der Waals surface area contributed by atoms with Crippen LogP contribution in [-0.2, 0) is 27.3 Å². The lowest BCUT2D eigenvalue weighted by atomic mass is 9.83. The molecule has 2 aromatic carbocycles. The number of carbonyl (C=O) groups excluding carboxylic acids is 2. The number of benzene rings is 2. The van der Waals surface area contributed by atoms with Crippen molar-refractivity contribution in [3.05, 3.63) is 71.3 Å². The van der Waals surface area contributed by atoms with Crippen molar-refractivity contribution in [3.8, 4) is 6.07 Å². The summed E-state index contributed by atoms with van der Waals surface area (Å²) in [6, 6.07) is 17.2. The minimum absolute atomic E-state index is 0.118. The van der Waals surface area contributed by atoms with E-state index < -0.39 is 23.8 Å². The Bertz CT molecular complexity index is 1020. The molecule has 1 fully saturated rings. The Balaban J connectivity index is 1.81. The van der Waals surface area contributed by atoms with Crippen LogP contribution in [0.2, 0.25) is 0 Å². The summed E-state index contributed by atoms with van der Waals surface area (Å²) in [6.45, 7) is 0.335. The highest BCUT2D eigenvalue weighted by Gasteiger charge is 2.36. The third-order valence-electron chi connectivity index (χ3n) is 6.46. The summed E-state index contributed by atoms with van der Waals surface area (Å²) >= 11 is 0. The highest BCUT2D eigenvalue weighted by atomic mass is 16.4. The predicted octanol–water partition coefficient (Wildman–Crippen LogP) is 3.53. The number of nitrogens with one attached hydrogen (secondary N) is 1. The van der Waals surface area contributed by atoms with Crippen molar-refractivity contribution >= 4 is 17.8 Å². The number of carboxylic acid groups (broad SMARTS) is 1. The van der Waals surface area contributed by atoms with Crippen molar-refractivity contribution < 1.29 is 19.5 Å². The SMILES string of the molecule is CN(Cc1ccccc1)C(=O)[C@@H](Cc1ccc(C#N)cc1)C(=O)NC(C(=O)O)C1CCCCC1. The molecule has 0 aromatic heterocycles. The fourth-order valence-electron chi connectivity index (χ4n) is 4.55. The predicted molar refractivity (Wildman–Crippen MR) is 127 cm³/mol. The van der Waals surface area contributed by atoms with Gasteiger partial charge in [-0.25, -0.2) is 4.79 Å². The second-order valence-corrected chi connectivity index (χ2v) is 8.97.